The Morgan fingerprint density at radius 3 is 2.35 bits per heavy atom. The Morgan fingerprint density at radius 1 is 1.15 bits per heavy atom. The Hall–Kier alpha value is -1.85. The van der Waals surface area contributed by atoms with Crippen molar-refractivity contribution in [3.05, 3.63) is 52.9 Å². The summed E-state index contributed by atoms with van der Waals surface area (Å²) in [4.78, 5) is 17.3. The summed E-state index contributed by atoms with van der Waals surface area (Å²) in [7, 11) is 0. The number of hydrogen-bond donors (Lipinski definition) is 0. The van der Waals surface area contributed by atoms with E-state index in [0.29, 0.717) is 0 Å². The first-order valence-electron chi connectivity index (χ1n) is 9.08. The average molecular weight is 378 g/mol. The lowest BCUT2D eigenvalue weighted by Crippen LogP contribution is -2.49. The lowest BCUT2D eigenvalue weighted by atomic mass is 9.95. The second-order valence-electron chi connectivity index (χ2n) is 6.78. The molecule has 0 saturated carbocycles. The van der Waals surface area contributed by atoms with Crippen LogP contribution in [-0.4, -0.2) is 47.0 Å². The standard InChI is InChI=1S/C20H27N3O2.ClH/c1-4-18(17-8-6-5-7-9-17)20(24)23-12-10-22(11-13-23)14-19-15(2)21-25-16(19)3;/h5-9,18H,4,10-14H2,1-3H3;1H. The summed E-state index contributed by atoms with van der Waals surface area (Å²) >= 11 is 0. The summed E-state index contributed by atoms with van der Waals surface area (Å²) < 4.78 is 5.25. The molecular formula is C20H28ClN3O2. The van der Waals surface area contributed by atoms with Crippen molar-refractivity contribution in [1.29, 1.82) is 0 Å². The van der Waals surface area contributed by atoms with Crippen molar-refractivity contribution in [3.8, 4) is 0 Å². The summed E-state index contributed by atoms with van der Waals surface area (Å²) in [5.41, 5.74) is 3.26. The van der Waals surface area contributed by atoms with E-state index in [4.69, 9.17) is 4.52 Å². The van der Waals surface area contributed by atoms with Crippen molar-refractivity contribution in [2.45, 2.75) is 39.7 Å². The van der Waals surface area contributed by atoms with Gasteiger partial charge in [0.05, 0.1) is 11.6 Å². The van der Waals surface area contributed by atoms with E-state index in [9.17, 15) is 4.79 Å². The number of halogens is 1. The minimum Gasteiger partial charge on any atom is -0.361 e. The number of benzene rings is 1. The molecule has 0 radical (unpaired) electrons. The monoisotopic (exact) mass is 377 g/mol. The third-order valence-corrected chi connectivity index (χ3v) is 5.16. The number of carbonyl (C=O) groups excluding carboxylic acids is 1. The fourth-order valence-electron chi connectivity index (χ4n) is 3.54. The van der Waals surface area contributed by atoms with Gasteiger partial charge in [-0.1, -0.05) is 42.4 Å². The topological polar surface area (TPSA) is 49.6 Å². The van der Waals surface area contributed by atoms with Crippen LogP contribution < -0.4 is 0 Å². The van der Waals surface area contributed by atoms with E-state index in [0.717, 1.165) is 56.2 Å². The van der Waals surface area contributed by atoms with Crippen LogP contribution in [0.4, 0.5) is 0 Å². The summed E-state index contributed by atoms with van der Waals surface area (Å²) in [6.45, 7) is 10.2. The Morgan fingerprint density at radius 2 is 1.81 bits per heavy atom. The molecule has 6 heteroatoms. The first kappa shape index (κ1) is 20.5. The molecule has 5 nitrogen and oxygen atoms in total. The predicted molar refractivity (Wildman–Crippen MR) is 105 cm³/mol. The lowest BCUT2D eigenvalue weighted by molar-refractivity contribution is -0.134. The largest absolute Gasteiger partial charge is 0.361 e. The maximum absolute atomic E-state index is 12.9. The van der Waals surface area contributed by atoms with Crippen molar-refractivity contribution < 1.29 is 9.32 Å². The van der Waals surface area contributed by atoms with Gasteiger partial charge in [0.1, 0.15) is 5.76 Å². The molecule has 0 N–H and O–H groups in total. The van der Waals surface area contributed by atoms with Crippen LogP contribution >= 0.6 is 12.4 Å². The summed E-state index contributed by atoms with van der Waals surface area (Å²) in [6.07, 6.45) is 0.835. The highest BCUT2D eigenvalue weighted by atomic mass is 35.5. The van der Waals surface area contributed by atoms with Gasteiger partial charge in [-0.3, -0.25) is 9.69 Å². The molecule has 1 unspecified atom stereocenters. The molecule has 1 amide bonds. The zero-order valence-electron chi connectivity index (χ0n) is 15.8. The third-order valence-electron chi connectivity index (χ3n) is 5.16. The van der Waals surface area contributed by atoms with Gasteiger partial charge in [-0.05, 0) is 25.8 Å². The first-order valence-corrected chi connectivity index (χ1v) is 9.08. The first-order chi connectivity index (χ1) is 12.1. The molecule has 2 aromatic rings. The SMILES string of the molecule is CCC(C(=O)N1CCN(Cc2c(C)noc2C)CC1)c1ccccc1.Cl. The van der Waals surface area contributed by atoms with Crippen LogP contribution in [0, 0.1) is 13.8 Å². The number of nitrogens with zero attached hydrogens (tertiary/aromatic N) is 3. The minimum atomic E-state index is -0.0321. The number of rotatable bonds is 5. The van der Waals surface area contributed by atoms with Gasteiger partial charge in [0.2, 0.25) is 5.91 Å². The van der Waals surface area contributed by atoms with Crippen LogP contribution in [0.2, 0.25) is 0 Å². The number of amides is 1. The zero-order chi connectivity index (χ0) is 17.8. The van der Waals surface area contributed by atoms with Crippen molar-refractivity contribution >= 4 is 18.3 Å². The van der Waals surface area contributed by atoms with Gasteiger partial charge in [-0.2, -0.15) is 0 Å². The molecular weight excluding hydrogens is 350 g/mol. The maximum atomic E-state index is 12.9. The van der Waals surface area contributed by atoms with Crippen LogP contribution in [0.25, 0.3) is 0 Å². The van der Waals surface area contributed by atoms with E-state index in [1.807, 2.05) is 36.9 Å². The quantitative estimate of drug-likeness (QED) is 0.799. The molecule has 1 aromatic heterocycles. The molecule has 3 rings (SSSR count). The van der Waals surface area contributed by atoms with E-state index in [1.165, 1.54) is 5.56 Å². The van der Waals surface area contributed by atoms with Crippen LogP contribution in [-0.2, 0) is 11.3 Å². The van der Waals surface area contributed by atoms with Crippen molar-refractivity contribution in [1.82, 2.24) is 15.0 Å². The molecule has 2 heterocycles. The number of hydrogen-bond acceptors (Lipinski definition) is 4. The lowest BCUT2D eigenvalue weighted by Gasteiger charge is -2.36. The number of carbonyl (C=O) groups is 1. The molecule has 1 aliphatic heterocycles. The van der Waals surface area contributed by atoms with Crippen LogP contribution in [0.1, 0.15) is 41.8 Å². The molecule has 0 aliphatic carbocycles. The fraction of sp³-hybridized carbons (Fsp3) is 0.500. The number of aryl methyl sites for hydroxylation is 2. The van der Waals surface area contributed by atoms with Gasteiger partial charge in [0, 0.05) is 38.3 Å². The van der Waals surface area contributed by atoms with Crippen molar-refractivity contribution in [3.63, 3.8) is 0 Å². The Bertz CT molecular complexity index is 690. The number of aromatic nitrogens is 1. The Labute approximate surface area is 161 Å². The molecule has 142 valence electrons. The van der Waals surface area contributed by atoms with Crippen molar-refractivity contribution in [2.75, 3.05) is 26.2 Å². The third kappa shape index (κ3) is 4.46. The van der Waals surface area contributed by atoms with Gasteiger partial charge in [0.25, 0.3) is 0 Å². The zero-order valence-corrected chi connectivity index (χ0v) is 16.6. The van der Waals surface area contributed by atoms with E-state index in [-0.39, 0.29) is 24.2 Å². The highest BCUT2D eigenvalue weighted by Gasteiger charge is 2.28. The van der Waals surface area contributed by atoms with E-state index in [2.05, 4.69) is 29.1 Å². The molecule has 1 aromatic carbocycles. The summed E-state index contributed by atoms with van der Waals surface area (Å²) in [6, 6.07) is 10.1. The molecule has 0 bridgehead atoms. The van der Waals surface area contributed by atoms with E-state index >= 15 is 0 Å². The highest BCUT2D eigenvalue weighted by molar-refractivity contribution is 5.85. The fourth-order valence-corrected chi connectivity index (χ4v) is 3.54. The van der Waals surface area contributed by atoms with Gasteiger partial charge < -0.3 is 9.42 Å². The normalized spacial score (nSPS) is 16.2. The van der Waals surface area contributed by atoms with E-state index in [1.54, 1.807) is 0 Å². The highest BCUT2D eigenvalue weighted by Crippen LogP contribution is 2.23. The summed E-state index contributed by atoms with van der Waals surface area (Å²) in [5, 5.41) is 4.03. The van der Waals surface area contributed by atoms with E-state index < -0.39 is 0 Å². The minimum absolute atomic E-state index is 0. The Kier molecular flexibility index (Phi) is 7.23. The van der Waals surface area contributed by atoms with Crippen molar-refractivity contribution in [2.24, 2.45) is 0 Å². The second kappa shape index (κ2) is 9.19. The summed E-state index contributed by atoms with van der Waals surface area (Å²) in [5.74, 6) is 1.12. The Balaban J connectivity index is 0.00000243. The van der Waals surface area contributed by atoms with Gasteiger partial charge in [-0.15, -0.1) is 12.4 Å². The molecule has 1 aliphatic rings. The maximum Gasteiger partial charge on any atom is 0.230 e. The molecule has 1 atom stereocenters. The average Bonchev–Trinajstić information content (AvgIpc) is 2.96. The predicted octanol–water partition coefficient (Wildman–Crippen LogP) is 3.55. The van der Waals surface area contributed by atoms with Gasteiger partial charge >= 0.3 is 0 Å². The van der Waals surface area contributed by atoms with Crippen LogP contribution in [0.5, 0.6) is 0 Å². The second-order valence-corrected chi connectivity index (χ2v) is 6.78. The van der Waals surface area contributed by atoms with Crippen LogP contribution in [0.15, 0.2) is 34.9 Å². The molecule has 1 saturated heterocycles. The molecule has 26 heavy (non-hydrogen) atoms. The van der Waals surface area contributed by atoms with Crippen LogP contribution in [0.3, 0.4) is 0 Å². The molecule has 1 fully saturated rings. The molecule has 0 spiro atoms. The smallest absolute Gasteiger partial charge is 0.230 e. The van der Waals surface area contributed by atoms with Gasteiger partial charge in [-0.25, -0.2) is 0 Å². The van der Waals surface area contributed by atoms with Gasteiger partial charge in [0.15, 0.2) is 0 Å². The number of piperazine rings is 1.